The van der Waals surface area contributed by atoms with Gasteiger partial charge in [-0.3, -0.25) is 9.36 Å². The van der Waals surface area contributed by atoms with Gasteiger partial charge in [0.2, 0.25) is 11.9 Å². The van der Waals surface area contributed by atoms with Crippen molar-refractivity contribution < 1.29 is 9.53 Å². The second-order valence-corrected chi connectivity index (χ2v) is 9.12. The van der Waals surface area contributed by atoms with Gasteiger partial charge in [0.05, 0.1) is 24.7 Å². The van der Waals surface area contributed by atoms with E-state index in [4.69, 9.17) is 4.74 Å². The van der Waals surface area contributed by atoms with Gasteiger partial charge in [-0.05, 0) is 36.6 Å². The number of morpholine rings is 1. The van der Waals surface area contributed by atoms with E-state index in [1.807, 2.05) is 11.0 Å². The van der Waals surface area contributed by atoms with Crippen LogP contribution in [0.2, 0.25) is 0 Å². The number of anilines is 1. The van der Waals surface area contributed by atoms with Crippen molar-refractivity contribution in [3.8, 4) is 5.69 Å². The molecule has 8 heteroatoms. The lowest BCUT2D eigenvalue weighted by molar-refractivity contribution is -0.129. The minimum Gasteiger partial charge on any atom is -0.378 e. The van der Waals surface area contributed by atoms with Crippen molar-refractivity contribution >= 4 is 23.6 Å². The predicted octanol–water partition coefficient (Wildman–Crippen LogP) is 3.09. The summed E-state index contributed by atoms with van der Waals surface area (Å²) >= 11 is 1.45. The number of benzene rings is 2. The Morgan fingerprint density at radius 3 is 2.53 bits per heavy atom. The Bertz CT molecular complexity index is 1090. The van der Waals surface area contributed by atoms with Crippen molar-refractivity contribution in [1.29, 1.82) is 0 Å². The number of thioether (sulfide) groups is 1. The fraction of sp³-hybridized carbons (Fsp3) is 0.375. The van der Waals surface area contributed by atoms with E-state index in [1.54, 1.807) is 0 Å². The molecule has 0 N–H and O–H groups in total. The summed E-state index contributed by atoms with van der Waals surface area (Å²) in [5.41, 5.74) is 4.79. The molecular formula is C24H27N5O2S. The quantitative estimate of drug-likeness (QED) is 0.558. The molecule has 3 aromatic rings. The molecular weight excluding hydrogens is 422 g/mol. The molecule has 0 radical (unpaired) electrons. The topological polar surface area (TPSA) is 63.5 Å². The van der Waals surface area contributed by atoms with Crippen LogP contribution in [-0.4, -0.2) is 64.2 Å². The van der Waals surface area contributed by atoms with Gasteiger partial charge in [0.25, 0.3) is 0 Å². The van der Waals surface area contributed by atoms with Gasteiger partial charge >= 0.3 is 0 Å². The maximum absolute atomic E-state index is 13.0. The molecule has 0 atom stereocenters. The maximum Gasteiger partial charge on any atom is 0.233 e. The largest absolute Gasteiger partial charge is 0.378 e. The van der Waals surface area contributed by atoms with E-state index >= 15 is 0 Å². The lowest BCUT2D eigenvalue weighted by atomic mass is 10.00. The summed E-state index contributed by atoms with van der Waals surface area (Å²) in [4.78, 5) is 17.2. The molecule has 1 fully saturated rings. The Balaban J connectivity index is 1.35. The normalized spacial score (nSPS) is 16.2. The summed E-state index contributed by atoms with van der Waals surface area (Å²) in [5.74, 6) is 1.28. The number of aromatic nitrogens is 3. The van der Waals surface area contributed by atoms with Crippen LogP contribution in [0, 0.1) is 6.92 Å². The summed E-state index contributed by atoms with van der Waals surface area (Å²) in [6.07, 6.45) is 0.910. The van der Waals surface area contributed by atoms with Crippen molar-refractivity contribution in [2.24, 2.45) is 0 Å². The number of nitrogens with zero attached hydrogens (tertiary/aromatic N) is 5. The molecule has 0 saturated carbocycles. The Morgan fingerprint density at radius 2 is 1.75 bits per heavy atom. The second kappa shape index (κ2) is 9.34. The Hall–Kier alpha value is -2.84. The molecule has 3 heterocycles. The first kappa shape index (κ1) is 21.0. The third-order valence-corrected chi connectivity index (χ3v) is 6.92. The van der Waals surface area contributed by atoms with Crippen molar-refractivity contribution in [3.63, 3.8) is 0 Å². The van der Waals surface area contributed by atoms with E-state index in [0.29, 0.717) is 25.5 Å². The SMILES string of the molecule is Cc1ccc(-n2c(SCC(=O)N3CCc4ccccc4C3)nnc2N2CCOCC2)cc1. The minimum atomic E-state index is 0.135. The van der Waals surface area contributed by atoms with E-state index in [-0.39, 0.29) is 5.91 Å². The molecule has 2 aliphatic heterocycles. The first-order valence-electron chi connectivity index (χ1n) is 11.0. The Kier molecular flexibility index (Phi) is 6.14. The van der Waals surface area contributed by atoms with Crippen molar-refractivity contribution in [2.45, 2.75) is 25.0 Å². The van der Waals surface area contributed by atoms with E-state index in [9.17, 15) is 4.79 Å². The highest BCUT2D eigenvalue weighted by Crippen LogP contribution is 2.28. The number of hydrogen-bond acceptors (Lipinski definition) is 6. The summed E-state index contributed by atoms with van der Waals surface area (Å²) in [7, 11) is 0. The van der Waals surface area contributed by atoms with Crippen LogP contribution in [-0.2, 0) is 22.5 Å². The van der Waals surface area contributed by atoms with Gasteiger partial charge in [0.1, 0.15) is 0 Å². The highest BCUT2D eigenvalue weighted by molar-refractivity contribution is 7.99. The van der Waals surface area contributed by atoms with Gasteiger partial charge in [0.15, 0.2) is 5.16 Å². The molecule has 0 spiro atoms. The van der Waals surface area contributed by atoms with Gasteiger partial charge in [-0.2, -0.15) is 0 Å². The first-order chi connectivity index (χ1) is 15.7. The van der Waals surface area contributed by atoms with Crippen LogP contribution in [0.5, 0.6) is 0 Å². The lowest BCUT2D eigenvalue weighted by Gasteiger charge is -2.29. The number of carbonyl (C=O) groups is 1. The zero-order valence-corrected chi connectivity index (χ0v) is 19.1. The lowest BCUT2D eigenvalue weighted by Crippen LogP contribution is -2.38. The van der Waals surface area contributed by atoms with Gasteiger partial charge in [0, 0.05) is 26.2 Å². The number of rotatable bonds is 5. The highest BCUT2D eigenvalue weighted by atomic mass is 32.2. The fourth-order valence-electron chi connectivity index (χ4n) is 4.17. The third-order valence-electron chi connectivity index (χ3n) is 6.01. The number of fused-ring (bicyclic) bond motifs is 1. The monoisotopic (exact) mass is 449 g/mol. The molecule has 5 rings (SSSR count). The predicted molar refractivity (Wildman–Crippen MR) is 125 cm³/mol. The first-order valence-corrected chi connectivity index (χ1v) is 12.0. The van der Waals surface area contributed by atoms with Crippen LogP contribution < -0.4 is 4.90 Å². The van der Waals surface area contributed by atoms with Gasteiger partial charge in [-0.25, -0.2) is 0 Å². The number of aryl methyl sites for hydroxylation is 1. The summed E-state index contributed by atoms with van der Waals surface area (Å²) in [6.45, 7) is 6.43. The van der Waals surface area contributed by atoms with Crippen LogP contribution in [0.25, 0.3) is 5.69 Å². The van der Waals surface area contributed by atoms with E-state index in [2.05, 4.69) is 69.1 Å². The fourth-order valence-corrected chi connectivity index (χ4v) is 5.02. The molecule has 1 saturated heterocycles. The molecule has 166 valence electrons. The van der Waals surface area contributed by atoms with Crippen molar-refractivity contribution in [2.75, 3.05) is 43.5 Å². The summed E-state index contributed by atoms with van der Waals surface area (Å²) in [6, 6.07) is 16.7. The Labute approximate surface area is 192 Å². The Morgan fingerprint density at radius 1 is 1.00 bits per heavy atom. The zero-order chi connectivity index (χ0) is 21.9. The average molecular weight is 450 g/mol. The van der Waals surface area contributed by atoms with E-state index in [1.165, 1.54) is 28.5 Å². The standard InChI is InChI=1S/C24H27N5O2S/c1-18-6-8-21(9-7-18)29-23(27-12-14-31-15-13-27)25-26-24(29)32-17-22(30)28-11-10-19-4-2-3-5-20(19)16-28/h2-9H,10-17H2,1H3. The number of ether oxygens (including phenoxy) is 1. The smallest absolute Gasteiger partial charge is 0.233 e. The van der Waals surface area contributed by atoms with Gasteiger partial charge < -0.3 is 14.5 Å². The summed E-state index contributed by atoms with van der Waals surface area (Å²) < 4.78 is 7.57. The molecule has 2 aromatic carbocycles. The van der Waals surface area contributed by atoms with Crippen LogP contribution in [0.4, 0.5) is 5.95 Å². The highest BCUT2D eigenvalue weighted by Gasteiger charge is 2.24. The van der Waals surface area contributed by atoms with E-state index in [0.717, 1.165) is 42.8 Å². The molecule has 0 bridgehead atoms. The van der Waals surface area contributed by atoms with Crippen LogP contribution in [0.3, 0.4) is 0 Å². The average Bonchev–Trinajstić information content (AvgIpc) is 3.27. The number of carbonyl (C=O) groups excluding carboxylic acids is 1. The minimum absolute atomic E-state index is 0.135. The molecule has 7 nitrogen and oxygen atoms in total. The molecule has 1 amide bonds. The van der Waals surface area contributed by atoms with Gasteiger partial charge in [-0.1, -0.05) is 53.7 Å². The summed E-state index contributed by atoms with van der Waals surface area (Å²) in [5, 5.41) is 9.70. The molecule has 2 aliphatic rings. The van der Waals surface area contributed by atoms with Crippen LogP contribution in [0.15, 0.2) is 53.7 Å². The van der Waals surface area contributed by atoms with Crippen LogP contribution >= 0.6 is 11.8 Å². The molecule has 0 aliphatic carbocycles. The van der Waals surface area contributed by atoms with Crippen molar-refractivity contribution in [3.05, 3.63) is 65.2 Å². The molecule has 0 unspecified atom stereocenters. The number of amides is 1. The zero-order valence-electron chi connectivity index (χ0n) is 18.2. The molecule has 1 aromatic heterocycles. The van der Waals surface area contributed by atoms with Crippen LogP contribution in [0.1, 0.15) is 16.7 Å². The number of hydrogen-bond donors (Lipinski definition) is 0. The van der Waals surface area contributed by atoms with Gasteiger partial charge in [-0.15, -0.1) is 10.2 Å². The van der Waals surface area contributed by atoms with Crippen molar-refractivity contribution in [1.82, 2.24) is 19.7 Å². The second-order valence-electron chi connectivity index (χ2n) is 8.18. The molecule has 32 heavy (non-hydrogen) atoms. The van der Waals surface area contributed by atoms with E-state index < -0.39 is 0 Å². The third kappa shape index (κ3) is 4.38. The maximum atomic E-state index is 13.0.